The molecular formula is C15H25ClN2O2. The zero-order chi connectivity index (χ0) is 14.6. The standard InChI is InChI=1S/C15H24N2O2.ClH/c1-10(11(2)16)14(18)17-12-6-8-13(9-7-12)19-15(3,4)5;/h6-11H,16H2,1-5H3,(H,17,18);1H. The van der Waals surface area contributed by atoms with Crippen molar-refractivity contribution in [1.82, 2.24) is 0 Å². The highest BCUT2D eigenvalue weighted by atomic mass is 35.5. The van der Waals surface area contributed by atoms with Crippen molar-refractivity contribution in [3.63, 3.8) is 0 Å². The van der Waals surface area contributed by atoms with Gasteiger partial charge in [0.15, 0.2) is 0 Å². The average Bonchev–Trinajstić information content (AvgIpc) is 2.28. The van der Waals surface area contributed by atoms with E-state index in [2.05, 4.69) is 5.32 Å². The topological polar surface area (TPSA) is 64.4 Å². The summed E-state index contributed by atoms with van der Waals surface area (Å²) in [5, 5.41) is 2.84. The van der Waals surface area contributed by atoms with Crippen LogP contribution in [0.3, 0.4) is 0 Å². The number of hydrogen-bond donors (Lipinski definition) is 2. The molecule has 0 fully saturated rings. The second kappa shape index (κ2) is 7.50. The lowest BCUT2D eigenvalue weighted by Crippen LogP contribution is -2.34. The van der Waals surface area contributed by atoms with Gasteiger partial charge >= 0.3 is 0 Å². The molecule has 0 radical (unpaired) electrons. The van der Waals surface area contributed by atoms with Crippen LogP contribution in [0.2, 0.25) is 0 Å². The molecule has 1 amide bonds. The van der Waals surface area contributed by atoms with E-state index in [1.54, 1.807) is 0 Å². The largest absolute Gasteiger partial charge is 0.488 e. The van der Waals surface area contributed by atoms with Crippen molar-refractivity contribution in [3.05, 3.63) is 24.3 Å². The number of hydrogen-bond acceptors (Lipinski definition) is 3. The number of nitrogens with one attached hydrogen (secondary N) is 1. The minimum absolute atomic E-state index is 0. The number of carbonyl (C=O) groups is 1. The van der Waals surface area contributed by atoms with Gasteiger partial charge in [0.25, 0.3) is 0 Å². The van der Waals surface area contributed by atoms with Crippen LogP contribution >= 0.6 is 12.4 Å². The first-order valence-electron chi connectivity index (χ1n) is 6.54. The SMILES string of the molecule is CC(N)C(C)C(=O)Nc1ccc(OC(C)(C)C)cc1.Cl. The molecule has 5 heteroatoms. The van der Waals surface area contributed by atoms with E-state index < -0.39 is 0 Å². The molecule has 0 bridgehead atoms. The van der Waals surface area contributed by atoms with E-state index >= 15 is 0 Å². The van der Waals surface area contributed by atoms with E-state index in [1.165, 1.54) is 0 Å². The molecule has 0 spiro atoms. The Morgan fingerprint density at radius 2 is 1.70 bits per heavy atom. The summed E-state index contributed by atoms with van der Waals surface area (Å²) < 4.78 is 5.71. The molecular weight excluding hydrogens is 276 g/mol. The number of amides is 1. The Morgan fingerprint density at radius 3 is 2.10 bits per heavy atom. The number of nitrogens with two attached hydrogens (primary N) is 1. The molecule has 1 aromatic rings. The summed E-state index contributed by atoms with van der Waals surface area (Å²) in [6.45, 7) is 9.62. The first-order valence-corrected chi connectivity index (χ1v) is 6.54. The lowest BCUT2D eigenvalue weighted by molar-refractivity contribution is -0.119. The van der Waals surface area contributed by atoms with Crippen LogP contribution in [0.15, 0.2) is 24.3 Å². The van der Waals surface area contributed by atoms with Gasteiger partial charge in [-0.3, -0.25) is 4.79 Å². The Morgan fingerprint density at radius 1 is 1.20 bits per heavy atom. The Hall–Kier alpha value is -1.26. The van der Waals surface area contributed by atoms with Crippen molar-refractivity contribution in [3.8, 4) is 5.75 Å². The van der Waals surface area contributed by atoms with E-state index in [0.29, 0.717) is 0 Å². The summed E-state index contributed by atoms with van der Waals surface area (Å²) in [6, 6.07) is 7.18. The molecule has 1 aromatic carbocycles. The number of ether oxygens (including phenoxy) is 1. The predicted octanol–water partition coefficient (Wildman–Crippen LogP) is 3.21. The summed E-state index contributed by atoms with van der Waals surface area (Å²) in [6.07, 6.45) is 0. The number of rotatable bonds is 4. The van der Waals surface area contributed by atoms with Crippen LogP contribution in [0.1, 0.15) is 34.6 Å². The number of benzene rings is 1. The number of anilines is 1. The zero-order valence-electron chi connectivity index (χ0n) is 12.8. The van der Waals surface area contributed by atoms with Crippen molar-refractivity contribution >= 4 is 24.0 Å². The van der Waals surface area contributed by atoms with Gasteiger partial charge in [-0.25, -0.2) is 0 Å². The van der Waals surface area contributed by atoms with Crippen LogP contribution in [0.25, 0.3) is 0 Å². The Labute approximate surface area is 127 Å². The van der Waals surface area contributed by atoms with Gasteiger partial charge in [0.2, 0.25) is 5.91 Å². The fourth-order valence-corrected chi connectivity index (χ4v) is 1.45. The normalized spacial score (nSPS) is 13.9. The van der Waals surface area contributed by atoms with E-state index in [-0.39, 0.29) is 35.9 Å². The molecule has 0 saturated carbocycles. The molecule has 0 aliphatic carbocycles. The Balaban J connectivity index is 0.00000361. The highest BCUT2D eigenvalue weighted by Gasteiger charge is 2.17. The van der Waals surface area contributed by atoms with E-state index in [4.69, 9.17) is 10.5 Å². The Bertz CT molecular complexity index is 424. The second-order valence-electron chi connectivity index (χ2n) is 5.88. The van der Waals surface area contributed by atoms with Gasteiger partial charge in [-0.05, 0) is 52.0 Å². The van der Waals surface area contributed by atoms with Crippen molar-refractivity contribution in [2.75, 3.05) is 5.32 Å². The van der Waals surface area contributed by atoms with Gasteiger partial charge in [-0.1, -0.05) is 6.92 Å². The third kappa shape index (κ3) is 6.26. The fourth-order valence-electron chi connectivity index (χ4n) is 1.45. The minimum atomic E-state index is -0.228. The molecule has 0 heterocycles. The quantitative estimate of drug-likeness (QED) is 0.897. The van der Waals surface area contributed by atoms with E-state index in [1.807, 2.05) is 58.9 Å². The van der Waals surface area contributed by atoms with Crippen LogP contribution < -0.4 is 15.8 Å². The second-order valence-corrected chi connectivity index (χ2v) is 5.88. The van der Waals surface area contributed by atoms with Crippen molar-refractivity contribution in [1.29, 1.82) is 0 Å². The van der Waals surface area contributed by atoms with Crippen molar-refractivity contribution in [2.24, 2.45) is 11.7 Å². The minimum Gasteiger partial charge on any atom is -0.488 e. The van der Waals surface area contributed by atoms with Gasteiger partial charge in [0.05, 0.1) is 5.92 Å². The summed E-state index contributed by atoms with van der Waals surface area (Å²) in [4.78, 5) is 11.8. The van der Waals surface area contributed by atoms with Gasteiger partial charge in [-0.15, -0.1) is 12.4 Å². The molecule has 0 aliphatic rings. The molecule has 20 heavy (non-hydrogen) atoms. The van der Waals surface area contributed by atoms with Gasteiger partial charge in [0.1, 0.15) is 11.4 Å². The summed E-state index contributed by atoms with van der Waals surface area (Å²) in [5.41, 5.74) is 6.22. The van der Waals surface area contributed by atoms with Crippen LogP contribution in [0.4, 0.5) is 5.69 Å². The van der Waals surface area contributed by atoms with Crippen LogP contribution in [0.5, 0.6) is 5.75 Å². The van der Waals surface area contributed by atoms with E-state index in [0.717, 1.165) is 11.4 Å². The zero-order valence-corrected chi connectivity index (χ0v) is 13.6. The van der Waals surface area contributed by atoms with Gasteiger partial charge in [0, 0.05) is 11.7 Å². The lowest BCUT2D eigenvalue weighted by atomic mass is 10.0. The number of carbonyl (C=O) groups excluding carboxylic acids is 1. The first-order chi connectivity index (χ1) is 8.69. The monoisotopic (exact) mass is 300 g/mol. The molecule has 4 nitrogen and oxygen atoms in total. The van der Waals surface area contributed by atoms with Crippen LogP contribution in [-0.2, 0) is 4.79 Å². The summed E-state index contributed by atoms with van der Waals surface area (Å²) >= 11 is 0. The molecule has 1 rings (SSSR count). The summed E-state index contributed by atoms with van der Waals surface area (Å²) in [7, 11) is 0. The first kappa shape index (κ1) is 18.7. The molecule has 3 N–H and O–H groups in total. The number of halogens is 1. The molecule has 0 saturated heterocycles. The maximum atomic E-state index is 11.8. The van der Waals surface area contributed by atoms with Crippen LogP contribution in [-0.4, -0.2) is 17.6 Å². The third-order valence-electron chi connectivity index (χ3n) is 2.75. The molecule has 0 aliphatic heterocycles. The summed E-state index contributed by atoms with van der Waals surface area (Å²) in [5.74, 6) is 0.496. The maximum Gasteiger partial charge on any atom is 0.228 e. The average molecular weight is 301 g/mol. The fraction of sp³-hybridized carbons (Fsp3) is 0.533. The van der Waals surface area contributed by atoms with Crippen molar-refractivity contribution in [2.45, 2.75) is 46.3 Å². The molecule has 114 valence electrons. The predicted molar refractivity (Wildman–Crippen MR) is 85.5 cm³/mol. The smallest absolute Gasteiger partial charge is 0.228 e. The third-order valence-corrected chi connectivity index (χ3v) is 2.75. The van der Waals surface area contributed by atoms with Crippen LogP contribution in [0, 0.1) is 5.92 Å². The van der Waals surface area contributed by atoms with Gasteiger partial charge < -0.3 is 15.8 Å². The molecule has 0 aromatic heterocycles. The van der Waals surface area contributed by atoms with Gasteiger partial charge in [-0.2, -0.15) is 0 Å². The maximum absolute atomic E-state index is 11.8. The molecule has 2 atom stereocenters. The van der Waals surface area contributed by atoms with E-state index in [9.17, 15) is 4.79 Å². The highest BCUT2D eigenvalue weighted by molar-refractivity contribution is 5.92. The lowest BCUT2D eigenvalue weighted by Gasteiger charge is -2.21. The Kier molecular flexibility index (Phi) is 7.03. The molecule has 2 unspecified atom stereocenters. The van der Waals surface area contributed by atoms with Crippen molar-refractivity contribution < 1.29 is 9.53 Å². The highest BCUT2D eigenvalue weighted by Crippen LogP contribution is 2.20.